The molecular formula is C11H18N2O6. The summed E-state index contributed by atoms with van der Waals surface area (Å²) < 4.78 is 9.52. The third-order valence-corrected chi connectivity index (χ3v) is 2.92. The SMILES string of the molecule is CCN(CC(=O)OC)C(=O)NC1COCC1C(=O)O. The lowest BCUT2D eigenvalue weighted by atomic mass is 10.0. The van der Waals surface area contributed by atoms with Gasteiger partial charge >= 0.3 is 18.0 Å². The van der Waals surface area contributed by atoms with Crippen LogP contribution >= 0.6 is 0 Å². The molecule has 1 rings (SSSR count). The van der Waals surface area contributed by atoms with Gasteiger partial charge < -0.3 is 24.8 Å². The average Bonchev–Trinajstić information content (AvgIpc) is 2.83. The molecule has 0 bridgehead atoms. The highest BCUT2D eigenvalue weighted by Crippen LogP contribution is 2.14. The zero-order valence-corrected chi connectivity index (χ0v) is 10.9. The zero-order valence-electron chi connectivity index (χ0n) is 10.9. The second-order valence-electron chi connectivity index (χ2n) is 4.13. The smallest absolute Gasteiger partial charge is 0.325 e. The summed E-state index contributed by atoms with van der Waals surface area (Å²) in [6.45, 7) is 2.07. The Morgan fingerprint density at radius 2 is 2.11 bits per heavy atom. The Kier molecular flexibility index (Phi) is 5.56. The number of urea groups is 1. The van der Waals surface area contributed by atoms with Crippen LogP contribution in [0, 0.1) is 5.92 Å². The van der Waals surface area contributed by atoms with Crippen LogP contribution in [0.25, 0.3) is 0 Å². The van der Waals surface area contributed by atoms with Gasteiger partial charge in [0.05, 0.1) is 26.4 Å². The first kappa shape index (κ1) is 15.2. The molecule has 0 spiro atoms. The fourth-order valence-corrected chi connectivity index (χ4v) is 1.74. The number of aliphatic carboxylic acids is 1. The fraction of sp³-hybridized carbons (Fsp3) is 0.727. The fourth-order valence-electron chi connectivity index (χ4n) is 1.74. The molecule has 108 valence electrons. The van der Waals surface area contributed by atoms with E-state index in [1.165, 1.54) is 12.0 Å². The molecule has 1 saturated heterocycles. The molecule has 0 aliphatic carbocycles. The van der Waals surface area contributed by atoms with Crippen molar-refractivity contribution in [2.24, 2.45) is 5.92 Å². The number of carboxylic acid groups (broad SMARTS) is 1. The number of ether oxygens (including phenoxy) is 2. The average molecular weight is 274 g/mol. The molecule has 2 amide bonds. The molecule has 2 atom stereocenters. The van der Waals surface area contributed by atoms with Crippen LogP contribution in [0.2, 0.25) is 0 Å². The van der Waals surface area contributed by atoms with Gasteiger partial charge in [0.15, 0.2) is 0 Å². The van der Waals surface area contributed by atoms with Crippen molar-refractivity contribution >= 4 is 18.0 Å². The van der Waals surface area contributed by atoms with Gasteiger partial charge in [-0.05, 0) is 6.92 Å². The van der Waals surface area contributed by atoms with E-state index in [1.807, 2.05) is 0 Å². The molecule has 0 aromatic heterocycles. The van der Waals surface area contributed by atoms with E-state index in [0.717, 1.165) is 0 Å². The highest BCUT2D eigenvalue weighted by Gasteiger charge is 2.35. The molecule has 0 saturated carbocycles. The Morgan fingerprint density at radius 3 is 2.63 bits per heavy atom. The normalized spacial score (nSPS) is 21.8. The number of amides is 2. The molecule has 8 heteroatoms. The number of nitrogens with zero attached hydrogens (tertiary/aromatic N) is 1. The number of hydrogen-bond donors (Lipinski definition) is 2. The van der Waals surface area contributed by atoms with Gasteiger partial charge in [0.1, 0.15) is 12.5 Å². The highest BCUT2D eigenvalue weighted by atomic mass is 16.5. The van der Waals surface area contributed by atoms with E-state index in [9.17, 15) is 14.4 Å². The molecular weight excluding hydrogens is 256 g/mol. The molecule has 2 N–H and O–H groups in total. The predicted octanol–water partition coefficient (Wildman–Crippen LogP) is -0.709. The van der Waals surface area contributed by atoms with Crippen molar-refractivity contribution in [1.82, 2.24) is 10.2 Å². The minimum atomic E-state index is -1.01. The number of methoxy groups -OCH3 is 1. The molecule has 1 fully saturated rings. The Bertz CT molecular complexity index is 359. The number of nitrogens with one attached hydrogen (secondary N) is 1. The molecule has 1 aliphatic heterocycles. The molecule has 0 aromatic rings. The lowest BCUT2D eigenvalue weighted by Gasteiger charge is -2.23. The van der Waals surface area contributed by atoms with Crippen LogP contribution < -0.4 is 5.32 Å². The topological polar surface area (TPSA) is 105 Å². The maximum Gasteiger partial charge on any atom is 0.325 e. The van der Waals surface area contributed by atoms with Gasteiger partial charge in [0.2, 0.25) is 0 Å². The summed E-state index contributed by atoms with van der Waals surface area (Å²) in [4.78, 5) is 35.2. The van der Waals surface area contributed by atoms with Gasteiger partial charge in [0, 0.05) is 6.54 Å². The zero-order chi connectivity index (χ0) is 14.4. The van der Waals surface area contributed by atoms with Gasteiger partial charge in [-0.2, -0.15) is 0 Å². The molecule has 0 radical (unpaired) electrons. The van der Waals surface area contributed by atoms with Gasteiger partial charge in [-0.1, -0.05) is 0 Å². The standard InChI is InChI=1S/C11H18N2O6/c1-3-13(4-9(14)18-2)11(17)12-8-6-19-5-7(8)10(15)16/h7-8H,3-6H2,1-2H3,(H,12,17)(H,15,16). The summed E-state index contributed by atoms with van der Waals surface area (Å²) in [6.07, 6.45) is 0. The first-order valence-electron chi connectivity index (χ1n) is 5.92. The van der Waals surface area contributed by atoms with Crippen LogP contribution in [0.5, 0.6) is 0 Å². The molecule has 1 aliphatic rings. The van der Waals surface area contributed by atoms with Crippen molar-refractivity contribution in [3.63, 3.8) is 0 Å². The molecule has 1 heterocycles. The minimum absolute atomic E-state index is 0.0728. The Morgan fingerprint density at radius 1 is 1.42 bits per heavy atom. The van der Waals surface area contributed by atoms with E-state index in [1.54, 1.807) is 6.92 Å². The van der Waals surface area contributed by atoms with Crippen molar-refractivity contribution in [2.45, 2.75) is 13.0 Å². The third-order valence-electron chi connectivity index (χ3n) is 2.92. The first-order valence-corrected chi connectivity index (χ1v) is 5.92. The number of hydrogen-bond acceptors (Lipinski definition) is 5. The molecule has 2 unspecified atom stereocenters. The number of rotatable bonds is 5. The van der Waals surface area contributed by atoms with Crippen molar-refractivity contribution in [1.29, 1.82) is 0 Å². The summed E-state index contributed by atoms with van der Waals surface area (Å²) in [7, 11) is 1.24. The van der Waals surface area contributed by atoms with Crippen molar-refractivity contribution in [2.75, 3.05) is 33.4 Å². The second kappa shape index (κ2) is 6.93. The van der Waals surface area contributed by atoms with E-state index in [0.29, 0.717) is 6.54 Å². The number of carbonyl (C=O) groups is 3. The van der Waals surface area contributed by atoms with Crippen LogP contribution in [-0.2, 0) is 19.1 Å². The van der Waals surface area contributed by atoms with Crippen LogP contribution in [-0.4, -0.2) is 67.4 Å². The maximum absolute atomic E-state index is 11.9. The number of likely N-dealkylation sites (N-methyl/N-ethyl adjacent to an activating group) is 1. The third kappa shape index (κ3) is 4.09. The predicted molar refractivity (Wildman–Crippen MR) is 63.5 cm³/mol. The van der Waals surface area contributed by atoms with E-state index in [-0.39, 0.29) is 19.8 Å². The van der Waals surface area contributed by atoms with Crippen LogP contribution in [0.1, 0.15) is 6.92 Å². The van der Waals surface area contributed by atoms with Crippen molar-refractivity contribution in [3.8, 4) is 0 Å². The lowest BCUT2D eigenvalue weighted by molar-refractivity contribution is -0.143. The quantitative estimate of drug-likeness (QED) is 0.642. The second-order valence-corrected chi connectivity index (χ2v) is 4.13. The van der Waals surface area contributed by atoms with Gasteiger partial charge in [-0.25, -0.2) is 4.79 Å². The van der Waals surface area contributed by atoms with Crippen molar-refractivity contribution < 1.29 is 29.0 Å². The summed E-state index contributed by atoms with van der Waals surface area (Å²) in [5.74, 6) is -2.31. The van der Waals surface area contributed by atoms with E-state index < -0.39 is 29.9 Å². The van der Waals surface area contributed by atoms with E-state index >= 15 is 0 Å². The first-order chi connectivity index (χ1) is 8.99. The van der Waals surface area contributed by atoms with Crippen molar-refractivity contribution in [3.05, 3.63) is 0 Å². The molecule has 8 nitrogen and oxygen atoms in total. The molecule has 0 aromatic carbocycles. The summed E-state index contributed by atoms with van der Waals surface area (Å²) >= 11 is 0. The van der Waals surface area contributed by atoms with E-state index in [4.69, 9.17) is 9.84 Å². The minimum Gasteiger partial charge on any atom is -0.481 e. The van der Waals surface area contributed by atoms with Gasteiger partial charge in [-0.3, -0.25) is 9.59 Å². The van der Waals surface area contributed by atoms with Crippen LogP contribution in [0.3, 0.4) is 0 Å². The Balaban J connectivity index is 2.56. The Labute approximate surface area is 110 Å². The number of carboxylic acids is 1. The largest absolute Gasteiger partial charge is 0.481 e. The molecule has 19 heavy (non-hydrogen) atoms. The maximum atomic E-state index is 11.9. The summed E-state index contributed by atoms with van der Waals surface area (Å²) in [5.41, 5.74) is 0. The number of esters is 1. The van der Waals surface area contributed by atoms with Crippen LogP contribution in [0.15, 0.2) is 0 Å². The lowest BCUT2D eigenvalue weighted by Crippen LogP contribution is -2.50. The van der Waals surface area contributed by atoms with Crippen LogP contribution in [0.4, 0.5) is 4.79 Å². The number of carbonyl (C=O) groups excluding carboxylic acids is 2. The van der Waals surface area contributed by atoms with E-state index in [2.05, 4.69) is 10.1 Å². The summed E-state index contributed by atoms with van der Waals surface area (Å²) in [5, 5.41) is 11.5. The Hall–Kier alpha value is -1.83. The highest BCUT2D eigenvalue weighted by molar-refractivity contribution is 5.81. The van der Waals surface area contributed by atoms with Gasteiger partial charge in [-0.15, -0.1) is 0 Å². The summed E-state index contributed by atoms with van der Waals surface area (Å²) in [6, 6.07) is -1.09. The monoisotopic (exact) mass is 274 g/mol. The van der Waals surface area contributed by atoms with Gasteiger partial charge in [0.25, 0.3) is 0 Å².